The predicted octanol–water partition coefficient (Wildman–Crippen LogP) is 2.65. The van der Waals surface area contributed by atoms with Crippen molar-refractivity contribution in [1.29, 1.82) is 0 Å². The van der Waals surface area contributed by atoms with E-state index in [-0.39, 0.29) is 5.91 Å². The molecule has 6 heteroatoms. The summed E-state index contributed by atoms with van der Waals surface area (Å²) in [4.78, 5) is 21.8. The van der Waals surface area contributed by atoms with Gasteiger partial charge in [0.1, 0.15) is 0 Å². The van der Waals surface area contributed by atoms with Crippen LogP contribution in [-0.4, -0.2) is 63.5 Å². The quantitative estimate of drug-likeness (QED) is 0.718. The highest BCUT2D eigenvalue weighted by Crippen LogP contribution is 2.29. The minimum absolute atomic E-state index is 0.0461. The van der Waals surface area contributed by atoms with Crippen LogP contribution in [0, 0.1) is 6.92 Å². The molecule has 3 heterocycles. The second-order valence-electron chi connectivity index (χ2n) is 7.13. The zero-order valence-corrected chi connectivity index (χ0v) is 16.1. The number of likely N-dealkylation sites (N-methyl/N-ethyl adjacent to an activating group) is 1. The zero-order chi connectivity index (χ0) is 19.0. The van der Waals surface area contributed by atoms with Crippen molar-refractivity contribution in [3.05, 3.63) is 53.5 Å². The van der Waals surface area contributed by atoms with Crippen molar-refractivity contribution in [2.45, 2.75) is 20.3 Å². The summed E-state index contributed by atoms with van der Waals surface area (Å²) in [5, 5.41) is 4.78. The Kier molecular flexibility index (Phi) is 4.66. The molecule has 0 radical (unpaired) electrons. The highest BCUT2D eigenvalue weighted by atomic mass is 16.2. The summed E-state index contributed by atoms with van der Waals surface area (Å²) in [6.07, 6.45) is 2.54. The van der Waals surface area contributed by atoms with Crippen LogP contribution in [0.1, 0.15) is 28.7 Å². The van der Waals surface area contributed by atoms with Gasteiger partial charge in [-0.2, -0.15) is 5.10 Å². The summed E-state index contributed by atoms with van der Waals surface area (Å²) in [6, 6.07) is 10.2. The van der Waals surface area contributed by atoms with Gasteiger partial charge in [-0.15, -0.1) is 0 Å². The van der Waals surface area contributed by atoms with Gasteiger partial charge in [0, 0.05) is 37.9 Å². The smallest absolute Gasteiger partial charge is 0.257 e. The number of carbonyl (C=O) groups excluding carboxylic acids is 1. The lowest BCUT2D eigenvalue weighted by molar-refractivity contribution is 0.0662. The van der Waals surface area contributed by atoms with E-state index >= 15 is 0 Å². The fourth-order valence-electron chi connectivity index (χ4n) is 3.68. The van der Waals surface area contributed by atoms with Gasteiger partial charge in [0.05, 0.1) is 17.0 Å². The van der Waals surface area contributed by atoms with E-state index < -0.39 is 0 Å². The summed E-state index contributed by atoms with van der Waals surface area (Å²) in [7, 11) is 2.09. The van der Waals surface area contributed by atoms with Crippen LogP contribution < -0.4 is 0 Å². The van der Waals surface area contributed by atoms with Crippen LogP contribution in [0.2, 0.25) is 0 Å². The highest BCUT2D eigenvalue weighted by molar-refractivity contribution is 5.95. The van der Waals surface area contributed by atoms with Crippen LogP contribution >= 0.6 is 0 Å². The molecule has 0 N–H and O–H groups in total. The molecule has 1 fully saturated rings. The molecule has 0 atom stereocenters. The molecule has 1 aliphatic rings. The topological polar surface area (TPSA) is 53.7 Å². The lowest BCUT2D eigenvalue weighted by Gasteiger charge is -2.32. The molecule has 1 saturated heterocycles. The summed E-state index contributed by atoms with van der Waals surface area (Å²) < 4.78 is 1.84. The zero-order valence-electron chi connectivity index (χ0n) is 16.1. The molecule has 0 spiro atoms. The van der Waals surface area contributed by atoms with Crippen molar-refractivity contribution in [2.24, 2.45) is 0 Å². The maximum Gasteiger partial charge on any atom is 0.257 e. The predicted molar refractivity (Wildman–Crippen MR) is 106 cm³/mol. The number of carbonyl (C=O) groups is 1. The van der Waals surface area contributed by atoms with Gasteiger partial charge in [-0.05, 0) is 26.0 Å². The molecule has 0 aliphatic carbocycles. The van der Waals surface area contributed by atoms with E-state index in [1.54, 1.807) is 6.20 Å². The summed E-state index contributed by atoms with van der Waals surface area (Å²) in [5.41, 5.74) is 5.46. The molecule has 140 valence electrons. The maximum atomic E-state index is 13.0. The summed E-state index contributed by atoms with van der Waals surface area (Å²) in [6.45, 7) is 7.36. The number of aromatic nitrogens is 3. The Morgan fingerprint density at radius 1 is 1.11 bits per heavy atom. The lowest BCUT2D eigenvalue weighted by atomic mass is 10.0. The van der Waals surface area contributed by atoms with E-state index in [4.69, 9.17) is 5.10 Å². The number of hydrogen-bond donors (Lipinski definition) is 0. The fourth-order valence-corrected chi connectivity index (χ4v) is 3.68. The Morgan fingerprint density at radius 3 is 2.48 bits per heavy atom. The van der Waals surface area contributed by atoms with Crippen molar-refractivity contribution in [3.63, 3.8) is 0 Å². The second kappa shape index (κ2) is 7.12. The first-order valence-corrected chi connectivity index (χ1v) is 9.50. The van der Waals surface area contributed by atoms with Gasteiger partial charge in [0.15, 0.2) is 5.65 Å². The maximum absolute atomic E-state index is 13.0. The van der Waals surface area contributed by atoms with Crippen molar-refractivity contribution in [2.75, 3.05) is 33.2 Å². The Hall–Kier alpha value is -2.73. The van der Waals surface area contributed by atoms with Crippen LogP contribution in [-0.2, 0) is 6.42 Å². The number of rotatable bonds is 3. The third-order valence-corrected chi connectivity index (χ3v) is 5.38. The van der Waals surface area contributed by atoms with Crippen LogP contribution in [0.4, 0.5) is 0 Å². The normalized spacial score (nSPS) is 15.4. The second-order valence-corrected chi connectivity index (χ2v) is 7.13. The van der Waals surface area contributed by atoms with E-state index in [0.717, 1.165) is 60.8 Å². The molecule has 1 amide bonds. The monoisotopic (exact) mass is 363 g/mol. The van der Waals surface area contributed by atoms with E-state index in [2.05, 4.69) is 36.0 Å². The molecule has 4 rings (SSSR count). The number of hydrogen-bond acceptors (Lipinski definition) is 4. The molecule has 1 aromatic carbocycles. The Morgan fingerprint density at radius 2 is 1.81 bits per heavy atom. The van der Waals surface area contributed by atoms with Gasteiger partial charge < -0.3 is 9.80 Å². The molecule has 3 aromatic rings. The Labute approximate surface area is 159 Å². The van der Waals surface area contributed by atoms with Crippen LogP contribution in [0.25, 0.3) is 16.8 Å². The Balaban J connectivity index is 1.78. The van der Waals surface area contributed by atoms with Crippen LogP contribution in [0.5, 0.6) is 0 Å². The number of nitrogens with zero attached hydrogens (tertiary/aromatic N) is 5. The van der Waals surface area contributed by atoms with Gasteiger partial charge in [0.25, 0.3) is 5.91 Å². The van der Waals surface area contributed by atoms with Gasteiger partial charge in [-0.1, -0.05) is 37.3 Å². The first kappa shape index (κ1) is 17.7. The molecule has 0 bridgehead atoms. The molecular formula is C21H25N5O. The van der Waals surface area contributed by atoms with E-state index in [9.17, 15) is 4.79 Å². The van der Waals surface area contributed by atoms with E-state index in [1.165, 1.54) is 0 Å². The number of benzene rings is 1. The molecule has 6 nitrogen and oxygen atoms in total. The third kappa shape index (κ3) is 3.10. The molecule has 0 saturated carbocycles. The van der Waals surface area contributed by atoms with E-state index in [1.807, 2.05) is 34.5 Å². The molecule has 2 aromatic heterocycles. The fraction of sp³-hybridized carbons (Fsp3) is 0.381. The van der Waals surface area contributed by atoms with Gasteiger partial charge >= 0.3 is 0 Å². The third-order valence-electron chi connectivity index (χ3n) is 5.38. The van der Waals surface area contributed by atoms with Crippen LogP contribution in [0.15, 0.2) is 36.5 Å². The minimum atomic E-state index is 0.0461. The average molecular weight is 363 g/mol. The SMILES string of the molecule is CCc1nn2c(C)c(C(=O)N3CCN(C)CC3)cnc2c1-c1ccccc1. The molecule has 1 aliphatic heterocycles. The first-order valence-electron chi connectivity index (χ1n) is 9.50. The lowest BCUT2D eigenvalue weighted by Crippen LogP contribution is -2.47. The van der Waals surface area contributed by atoms with Crippen molar-refractivity contribution < 1.29 is 4.79 Å². The van der Waals surface area contributed by atoms with E-state index in [0.29, 0.717) is 5.56 Å². The highest BCUT2D eigenvalue weighted by Gasteiger charge is 2.24. The van der Waals surface area contributed by atoms with Gasteiger partial charge in [0.2, 0.25) is 0 Å². The standard InChI is InChI=1S/C21H25N5O/c1-4-18-19(16-8-6-5-7-9-16)20-22-14-17(15(2)26(20)23-18)21(27)25-12-10-24(3)11-13-25/h5-9,14H,4,10-13H2,1-3H3. The van der Waals surface area contributed by atoms with Gasteiger partial charge in [-0.3, -0.25) is 4.79 Å². The number of aryl methyl sites for hydroxylation is 2. The van der Waals surface area contributed by atoms with Crippen molar-refractivity contribution in [3.8, 4) is 11.1 Å². The molecular weight excluding hydrogens is 338 g/mol. The average Bonchev–Trinajstić information content (AvgIpc) is 3.08. The number of piperazine rings is 1. The molecule has 0 unspecified atom stereocenters. The minimum Gasteiger partial charge on any atom is -0.336 e. The number of fused-ring (bicyclic) bond motifs is 1. The summed E-state index contributed by atoms with van der Waals surface area (Å²) >= 11 is 0. The van der Waals surface area contributed by atoms with Crippen molar-refractivity contribution in [1.82, 2.24) is 24.4 Å². The van der Waals surface area contributed by atoms with Crippen LogP contribution in [0.3, 0.4) is 0 Å². The Bertz CT molecular complexity index is 971. The van der Waals surface area contributed by atoms with Gasteiger partial charge in [-0.25, -0.2) is 9.50 Å². The first-order chi connectivity index (χ1) is 13.1. The number of amides is 1. The van der Waals surface area contributed by atoms with Crippen molar-refractivity contribution >= 4 is 11.6 Å². The summed E-state index contributed by atoms with van der Waals surface area (Å²) in [5.74, 6) is 0.0461. The largest absolute Gasteiger partial charge is 0.336 e. The molecule has 27 heavy (non-hydrogen) atoms.